The van der Waals surface area contributed by atoms with Crippen LogP contribution in [0.1, 0.15) is 24.1 Å². The number of fused-ring (bicyclic) bond motifs is 1. The quantitative estimate of drug-likeness (QED) is 0.827. The Morgan fingerprint density at radius 2 is 2.19 bits per heavy atom. The number of hydrogen-bond acceptors (Lipinski definition) is 2. The van der Waals surface area contributed by atoms with Gasteiger partial charge >= 0.3 is 0 Å². The summed E-state index contributed by atoms with van der Waals surface area (Å²) in [7, 11) is 0. The first-order valence-electron chi connectivity index (χ1n) is 6.90. The summed E-state index contributed by atoms with van der Waals surface area (Å²) in [6.07, 6.45) is 3.89. The van der Waals surface area contributed by atoms with E-state index in [1.807, 2.05) is 16.8 Å². The van der Waals surface area contributed by atoms with Crippen LogP contribution < -0.4 is 5.32 Å². The molecule has 21 heavy (non-hydrogen) atoms. The summed E-state index contributed by atoms with van der Waals surface area (Å²) in [5.74, 6) is 0.130. The Hall–Kier alpha value is -1.27. The highest BCUT2D eigenvalue weighted by molar-refractivity contribution is 9.10. The smallest absolute Gasteiger partial charge is 0.129 e. The van der Waals surface area contributed by atoms with Crippen molar-refractivity contribution in [1.29, 1.82) is 0 Å². The molecule has 6 heteroatoms. The first-order valence-corrected chi connectivity index (χ1v) is 8.10. The maximum Gasteiger partial charge on any atom is 0.129 e. The monoisotopic (exact) mass is 365 g/mol. The van der Waals surface area contributed by atoms with Gasteiger partial charge in [-0.1, -0.05) is 28.1 Å². The van der Waals surface area contributed by atoms with Crippen LogP contribution in [-0.4, -0.2) is 14.8 Å². The van der Waals surface area contributed by atoms with E-state index < -0.39 is 5.54 Å². The number of halogens is 2. The van der Waals surface area contributed by atoms with Gasteiger partial charge in [0.15, 0.2) is 0 Å². The topological polar surface area (TPSA) is 29.9 Å². The lowest BCUT2D eigenvalue weighted by Gasteiger charge is -2.40. The van der Waals surface area contributed by atoms with Gasteiger partial charge in [0.25, 0.3) is 0 Å². The zero-order chi connectivity index (χ0) is 14.6. The van der Waals surface area contributed by atoms with Gasteiger partial charge in [0.2, 0.25) is 0 Å². The summed E-state index contributed by atoms with van der Waals surface area (Å²) in [6.45, 7) is 0.557. The maximum absolute atomic E-state index is 14.6. The molecule has 1 aliphatic carbocycles. The van der Waals surface area contributed by atoms with Crippen molar-refractivity contribution < 1.29 is 4.39 Å². The molecule has 108 valence electrons. The van der Waals surface area contributed by atoms with Crippen LogP contribution in [0.4, 0.5) is 4.39 Å². The molecule has 0 radical (unpaired) electrons. The average Bonchev–Trinajstić information content (AvgIpc) is 3.20. The fraction of sp³-hybridized carbons (Fsp3) is 0.333. The van der Waals surface area contributed by atoms with E-state index >= 15 is 0 Å². The van der Waals surface area contributed by atoms with Crippen molar-refractivity contribution >= 4 is 33.1 Å². The molecule has 1 unspecified atom stereocenters. The Labute approximate surface area is 135 Å². The van der Waals surface area contributed by atoms with Crippen LogP contribution in [0.15, 0.2) is 34.9 Å². The van der Waals surface area contributed by atoms with Gasteiger partial charge in [-0.2, -0.15) is 5.10 Å². The summed E-state index contributed by atoms with van der Waals surface area (Å²) in [5, 5.41) is 7.77. The summed E-state index contributed by atoms with van der Waals surface area (Å²) in [4.78, 5) is 0.706. The van der Waals surface area contributed by atoms with Crippen LogP contribution in [0.2, 0.25) is 0 Å². The van der Waals surface area contributed by atoms with Crippen molar-refractivity contribution in [2.24, 2.45) is 5.92 Å². The molecule has 0 amide bonds. The van der Waals surface area contributed by atoms with E-state index in [-0.39, 0.29) is 5.82 Å². The minimum absolute atomic E-state index is 0.213. The molecule has 0 bridgehead atoms. The van der Waals surface area contributed by atoms with Gasteiger partial charge in [-0.25, -0.2) is 4.39 Å². The SMILES string of the molecule is Fc1ccc(Br)cc1C1(C2CC2)NC(=S)Cn2nccc21. The summed E-state index contributed by atoms with van der Waals surface area (Å²) in [6, 6.07) is 7.04. The number of rotatable bonds is 2. The molecule has 1 N–H and O–H groups in total. The van der Waals surface area contributed by atoms with Crippen molar-refractivity contribution in [1.82, 2.24) is 15.1 Å². The average molecular weight is 366 g/mol. The van der Waals surface area contributed by atoms with Crippen molar-refractivity contribution in [3.63, 3.8) is 0 Å². The first kappa shape index (κ1) is 13.4. The third-order valence-electron chi connectivity index (χ3n) is 4.29. The van der Waals surface area contributed by atoms with Gasteiger partial charge in [-0.05, 0) is 43.0 Å². The predicted octanol–water partition coefficient (Wildman–Crippen LogP) is 3.37. The number of aromatic nitrogens is 2. The summed E-state index contributed by atoms with van der Waals surface area (Å²) >= 11 is 8.87. The van der Waals surface area contributed by atoms with E-state index in [0.717, 1.165) is 23.0 Å². The number of nitrogens with zero attached hydrogens (tertiary/aromatic N) is 2. The highest BCUT2D eigenvalue weighted by atomic mass is 79.9. The highest BCUT2D eigenvalue weighted by Gasteiger charge is 2.53. The van der Waals surface area contributed by atoms with Crippen molar-refractivity contribution in [3.8, 4) is 0 Å². The molecule has 2 heterocycles. The first-order chi connectivity index (χ1) is 10.1. The predicted molar refractivity (Wildman–Crippen MR) is 85.6 cm³/mol. The van der Waals surface area contributed by atoms with Gasteiger partial charge in [-0.3, -0.25) is 4.68 Å². The summed E-state index contributed by atoms with van der Waals surface area (Å²) in [5.41, 5.74) is 1.04. The van der Waals surface area contributed by atoms with E-state index in [0.29, 0.717) is 23.0 Å². The van der Waals surface area contributed by atoms with E-state index in [9.17, 15) is 4.39 Å². The summed E-state index contributed by atoms with van der Waals surface area (Å²) < 4.78 is 17.3. The second kappa shape index (κ2) is 4.61. The minimum atomic E-state index is -0.598. The molecule has 0 saturated heterocycles. The van der Waals surface area contributed by atoms with Gasteiger partial charge in [0.1, 0.15) is 11.4 Å². The van der Waals surface area contributed by atoms with Crippen molar-refractivity contribution in [2.75, 3.05) is 0 Å². The third-order valence-corrected chi connectivity index (χ3v) is 5.02. The largest absolute Gasteiger partial charge is 0.363 e. The number of thiocarbonyl (C=S) groups is 1. The zero-order valence-electron chi connectivity index (χ0n) is 11.1. The maximum atomic E-state index is 14.6. The number of benzene rings is 1. The lowest BCUT2D eigenvalue weighted by molar-refractivity contribution is 0.345. The molecular formula is C15H13BrFN3S. The zero-order valence-corrected chi connectivity index (χ0v) is 13.5. The van der Waals surface area contributed by atoms with E-state index in [1.54, 1.807) is 12.3 Å². The molecular weight excluding hydrogens is 353 g/mol. The molecule has 1 aromatic heterocycles. The molecule has 1 fully saturated rings. The fourth-order valence-corrected chi connectivity index (χ4v) is 3.95. The normalized spacial score (nSPS) is 24.6. The van der Waals surface area contributed by atoms with Crippen LogP contribution in [0.5, 0.6) is 0 Å². The van der Waals surface area contributed by atoms with Crippen LogP contribution in [0.25, 0.3) is 0 Å². The number of hydrogen-bond donors (Lipinski definition) is 1. The lowest BCUT2D eigenvalue weighted by Crippen LogP contribution is -2.54. The van der Waals surface area contributed by atoms with Gasteiger partial charge in [0.05, 0.1) is 17.2 Å². The van der Waals surface area contributed by atoms with Crippen molar-refractivity contribution in [3.05, 3.63) is 52.0 Å². The van der Waals surface area contributed by atoms with Gasteiger partial charge in [-0.15, -0.1) is 0 Å². The molecule has 2 aliphatic rings. The molecule has 4 rings (SSSR count). The van der Waals surface area contributed by atoms with E-state index in [1.165, 1.54) is 6.07 Å². The number of nitrogens with one attached hydrogen (secondary N) is 1. The Morgan fingerprint density at radius 3 is 2.95 bits per heavy atom. The Bertz CT molecular complexity index is 740. The minimum Gasteiger partial charge on any atom is -0.363 e. The van der Waals surface area contributed by atoms with Gasteiger partial charge < -0.3 is 5.32 Å². The Kier molecular flexibility index (Phi) is 2.94. The second-order valence-electron chi connectivity index (χ2n) is 5.63. The second-order valence-corrected chi connectivity index (χ2v) is 7.04. The Balaban J connectivity index is 2.01. The molecule has 1 saturated carbocycles. The molecule has 3 nitrogen and oxygen atoms in total. The third kappa shape index (κ3) is 1.96. The van der Waals surface area contributed by atoms with Crippen LogP contribution in [0.3, 0.4) is 0 Å². The molecule has 1 atom stereocenters. The Morgan fingerprint density at radius 1 is 1.38 bits per heavy atom. The van der Waals surface area contributed by atoms with Crippen LogP contribution in [0, 0.1) is 11.7 Å². The molecule has 1 aromatic carbocycles. The van der Waals surface area contributed by atoms with E-state index in [4.69, 9.17) is 12.2 Å². The van der Waals surface area contributed by atoms with E-state index in [2.05, 4.69) is 26.3 Å². The highest BCUT2D eigenvalue weighted by Crippen LogP contribution is 2.51. The molecule has 0 spiro atoms. The van der Waals surface area contributed by atoms with Crippen molar-refractivity contribution in [2.45, 2.75) is 24.9 Å². The van der Waals surface area contributed by atoms with Gasteiger partial charge in [0, 0.05) is 16.2 Å². The van der Waals surface area contributed by atoms with Crippen LogP contribution >= 0.6 is 28.1 Å². The standard InChI is InChI=1S/C15H13BrFN3S/c16-10-3-4-12(17)11(7-10)15(9-1-2-9)13-5-6-18-20(13)8-14(21)19-15/h3-7,9H,1-2,8H2,(H,19,21). The molecule has 2 aromatic rings. The lowest BCUT2D eigenvalue weighted by atomic mass is 9.80. The molecule has 1 aliphatic heterocycles. The fourth-order valence-electron chi connectivity index (χ4n) is 3.31. The van der Waals surface area contributed by atoms with Crippen LogP contribution in [-0.2, 0) is 12.1 Å².